The highest BCUT2D eigenvalue weighted by Gasteiger charge is 2.15. The molecule has 2 nitrogen and oxygen atoms in total. The summed E-state index contributed by atoms with van der Waals surface area (Å²) in [5.74, 6) is -1.68. The molecule has 0 heterocycles. The Hall–Kier alpha value is -1.65. The third-order valence-electron chi connectivity index (χ3n) is 3.17. The van der Waals surface area contributed by atoms with Gasteiger partial charge in [-0.05, 0) is 30.7 Å². The Bertz CT molecular complexity index is 707. The van der Waals surface area contributed by atoms with Crippen LogP contribution in [0.5, 0.6) is 0 Å². The summed E-state index contributed by atoms with van der Waals surface area (Å²) in [6, 6.07) is 7.51. The van der Waals surface area contributed by atoms with Crippen molar-refractivity contribution in [3.8, 4) is 0 Å². The molecule has 0 saturated heterocycles. The zero-order valence-corrected chi connectivity index (χ0v) is 13.2. The van der Waals surface area contributed by atoms with E-state index in [0.29, 0.717) is 15.6 Å². The van der Waals surface area contributed by atoms with Gasteiger partial charge in [-0.3, -0.25) is 4.79 Å². The van der Waals surface area contributed by atoms with Gasteiger partial charge >= 0.3 is 0 Å². The first-order valence-electron chi connectivity index (χ1n) is 6.55. The number of carbonyl (C=O) groups is 1. The molecule has 1 amide bonds. The van der Waals surface area contributed by atoms with Gasteiger partial charge in [-0.1, -0.05) is 35.3 Å². The monoisotopic (exact) mass is 343 g/mol. The molecule has 2 aromatic rings. The van der Waals surface area contributed by atoms with E-state index in [1.54, 1.807) is 25.1 Å². The van der Waals surface area contributed by atoms with Crippen molar-refractivity contribution in [1.82, 2.24) is 5.32 Å². The number of hydrogen-bond donors (Lipinski definition) is 1. The minimum absolute atomic E-state index is 0.0448. The average molecular weight is 344 g/mol. The van der Waals surface area contributed by atoms with E-state index in [-0.39, 0.29) is 17.9 Å². The van der Waals surface area contributed by atoms with Crippen molar-refractivity contribution in [1.29, 1.82) is 0 Å². The Labute approximate surface area is 137 Å². The van der Waals surface area contributed by atoms with Crippen LogP contribution in [0.15, 0.2) is 36.4 Å². The van der Waals surface area contributed by atoms with E-state index in [0.717, 1.165) is 12.1 Å². The van der Waals surface area contributed by atoms with E-state index < -0.39 is 17.7 Å². The molecule has 2 rings (SSSR count). The fourth-order valence-electron chi connectivity index (χ4n) is 2.06. The van der Waals surface area contributed by atoms with Crippen molar-refractivity contribution >= 4 is 29.1 Å². The summed E-state index contributed by atoms with van der Waals surface area (Å²) in [5, 5.41) is 3.53. The number of rotatable bonds is 4. The Kier molecular flexibility index (Phi) is 5.37. The van der Waals surface area contributed by atoms with Crippen LogP contribution in [0.25, 0.3) is 0 Å². The molecular weight excluding hydrogens is 331 g/mol. The molecule has 1 unspecified atom stereocenters. The molecule has 1 N–H and O–H groups in total. The summed E-state index contributed by atoms with van der Waals surface area (Å²) in [4.78, 5) is 12.0. The maximum atomic E-state index is 13.7. The molecule has 0 aliphatic carbocycles. The smallest absolute Gasteiger partial charge is 0.224 e. The zero-order chi connectivity index (χ0) is 16.3. The third-order valence-corrected chi connectivity index (χ3v) is 3.76. The Morgan fingerprint density at radius 1 is 1.18 bits per heavy atom. The highest BCUT2D eigenvalue weighted by atomic mass is 35.5. The van der Waals surface area contributed by atoms with Crippen LogP contribution in [0.2, 0.25) is 10.0 Å². The van der Waals surface area contributed by atoms with Gasteiger partial charge in [0.05, 0.1) is 12.5 Å². The standard InChI is InChI=1S/C16H13Cl2F2NO/c1-9(13-5-4-12(19)8-15(13)20)21-16(22)6-10-2-3-11(17)7-14(10)18/h2-5,7-9H,6H2,1H3,(H,21,22). The van der Waals surface area contributed by atoms with Crippen LogP contribution in [0.1, 0.15) is 24.1 Å². The fourth-order valence-corrected chi connectivity index (χ4v) is 2.54. The molecule has 1 atom stereocenters. The minimum atomic E-state index is -0.697. The van der Waals surface area contributed by atoms with Gasteiger partial charge in [0, 0.05) is 21.7 Å². The predicted octanol–water partition coefficient (Wildman–Crippen LogP) is 4.69. The Balaban J connectivity index is 2.05. The molecule has 0 spiro atoms. The van der Waals surface area contributed by atoms with Gasteiger partial charge in [0.2, 0.25) is 5.91 Å². The van der Waals surface area contributed by atoms with Crippen LogP contribution >= 0.6 is 23.2 Å². The number of nitrogens with one attached hydrogen (secondary N) is 1. The highest BCUT2D eigenvalue weighted by Crippen LogP contribution is 2.22. The number of carbonyl (C=O) groups excluding carboxylic acids is 1. The van der Waals surface area contributed by atoms with Crippen LogP contribution < -0.4 is 5.32 Å². The van der Waals surface area contributed by atoms with E-state index in [1.165, 1.54) is 6.07 Å². The quantitative estimate of drug-likeness (QED) is 0.857. The van der Waals surface area contributed by atoms with Gasteiger partial charge in [0.1, 0.15) is 11.6 Å². The van der Waals surface area contributed by atoms with Crippen LogP contribution in [0.3, 0.4) is 0 Å². The van der Waals surface area contributed by atoms with Gasteiger partial charge < -0.3 is 5.32 Å². The van der Waals surface area contributed by atoms with E-state index in [4.69, 9.17) is 23.2 Å². The average Bonchev–Trinajstić information content (AvgIpc) is 2.41. The topological polar surface area (TPSA) is 29.1 Å². The fraction of sp³-hybridized carbons (Fsp3) is 0.188. The van der Waals surface area contributed by atoms with Gasteiger partial charge in [-0.15, -0.1) is 0 Å². The van der Waals surface area contributed by atoms with Crippen molar-refractivity contribution in [2.45, 2.75) is 19.4 Å². The van der Waals surface area contributed by atoms with Crippen molar-refractivity contribution in [3.63, 3.8) is 0 Å². The normalized spacial score (nSPS) is 12.0. The summed E-state index contributed by atoms with van der Waals surface area (Å²) in [6.45, 7) is 1.62. The lowest BCUT2D eigenvalue weighted by molar-refractivity contribution is -0.121. The van der Waals surface area contributed by atoms with E-state index in [2.05, 4.69) is 5.32 Å². The summed E-state index contributed by atoms with van der Waals surface area (Å²) in [7, 11) is 0. The molecule has 6 heteroatoms. The molecular formula is C16H13Cl2F2NO. The first-order valence-corrected chi connectivity index (χ1v) is 7.30. The van der Waals surface area contributed by atoms with Crippen molar-refractivity contribution in [2.24, 2.45) is 0 Å². The lowest BCUT2D eigenvalue weighted by Gasteiger charge is -2.15. The SMILES string of the molecule is CC(NC(=O)Cc1ccc(Cl)cc1Cl)c1ccc(F)cc1F. The second kappa shape index (κ2) is 7.07. The summed E-state index contributed by atoms with van der Waals surface area (Å²) < 4.78 is 26.5. The van der Waals surface area contributed by atoms with Crippen LogP contribution in [0.4, 0.5) is 8.78 Å². The maximum Gasteiger partial charge on any atom is 0.224 e. The zero-order valence-electron chi connectivity index (χ0n) is 11.7. The Morgan fingerprint density at radius 3 is 2.55 bits per heavy atom. The van der Waals surface area contributed by atoms with Crippen LogP contribution in [-0.2, 0) is 11.2 Å². The molecule has 0 aromatic heterocycles. The number of halogens is 4. The molecule has 116 valence electrons. The number of benzene rings is 2. The molecule has 0 fully saturated rings. The Morgan fingerprint density at radius 2 is 1.91 bits per heavy atom. The molecule has 0 bridgehead atoms. The molecule has 2 aromatic carbocycles. The number of amides is 1. The summed E-state index contributed by atoms with van der Waals surface area (Å²) >= 11 is 11.8. The largest absolute Gasteiger partial charge is 0.349 e. The van der Waals surface area contributed by atoms with Crippen molar-refractivity contribution < 1.29 is 13.6 Å². The molecule has 22 heavy (non-hydrogen) atoms. The van der Waals surface area contributed by atoms with Crippen molar-refractivity contribution in [2.75, 3.05) is 0 Å². The number of hydrogen-bond acceptors (Lipinski definition) is 1. The van der Waals surface area contributed by atoms with Gasteiger partial charge in [-0.2, -0.15) is 0 Å². The van der Waals surface area contributed by atoms with Gasteiger partial charge in [-0.25, -0.2) is 8.78 Å². The molecule has 0 aliphatic rings. The highest BCUT2D eigenvalue weighted by molar-refractivity contribution is 6.35. The first-order chi connectivity index (χ1) is 10.4. The summed E-state index contributed by atoms with van der Waals surface area (Å²) in [5.41, 5.74) is 0.840. The van der Waals surface area contributed by atoms with Crippen LogP contribution in [0, 0.1) is 11.6 Å². The second-order valence-electron chi connectivity index (χ2n) is 4.87. The van der Waals surface area contributed by atoms with E-state index in [9.17, 15) is 13.6 Å². The van der Waals surface area contributed by atoms with E-state index >= 15 is 0 Å². The van der Waals surface area contributed by atoms with Crippen molar-refractivity contribution in [3.05, 3.63) is 69.2 Å². The minimum Gasteiger partial charge on any atom is -0.349 e. The second-order valence-corrected chi connectivity index (χ2v) is 5.71. The maximum absolute atomic E-state index is 13.7. The van der Waals surface area contributed by atoms with Crippen LogP contribution in [-0.4, -0.2) is 5.91 Å². The molecule has 0 aliphatic heterocycles. The van der Waals surface area contributed by atoms with E-state index in [1.807, 2.05) is 0 Å². The predicted molar refractivity (Wildman–Crippen MR) is 83.1 cm³/mol. The first kappa shape index (κ1) is 16.7. The molecule has 0 radical (unpaired) electrons. The lowest BCUT2D eigenvalue weighted by atomic mass is 10.1. The third kappa shape index (κ3) is 4.18. The van der Waals surface area contributed by atoms with Gasteiger partial charge in [0.15, 0.2) is 0 Å². The molecule has 0 saturated carbocycles. The lowest BCUT2D eigenvalue weighted by Crippen LogP contribution is -2.28. The summed E-state index contributed by atoms with van der Waals surface area (Å²) in [6.07, 6.45) is 0.0448. The van der Waals surface area contributed by atoms with Gasteiger partial charge in [0.25, 0.3) is 0 Å².